The van der Waals surface area contributed by atoms with Crippen LogP contribution in [0.4, 0.5) is 0 Å². The number of benzene rings is 2. The Morgan fingerprint density at radius 2 is 1.54 bits per heavy atom. The highest BCUT2D eigenvalue weighted by Gasteiger charge is 2.22. The molecule has 3 aromatic rings. The summed E-state index contributed by atoms with van der Waals surface area (Å²) in [4.78, 5) is 12.5. The first-order valence-electron chi connectivity index (χ1n) is 8.10. The first kappa shape index (κ1) is 17.3. The van der Waals surface area contributed by atoms with Gasteiger partial charge in [0.2, 0.25) is 0 Å². The lowest BCUT2D eigenvalue weighted by atomic mass is 10.3. The van der Waals surface area contributed by atoms with Crippen LogP contribution in [0.5, 0.6) is 11.5 Å². The molecule has 0 fully saturated rings. The molecule has 0 unspecified atom stereocenters. The quantitative estimate of drug-likeness (QED) is 0.405. The molecule has 0 saturated heterocycles. The summed E-state index contributed by atoms with van der Waals surface area (Å²) in [6.45, 7) is 0. The minimum atomic E-state index is -1.18. The second kappa shape index (κ2) is 8.53. The number of rotatable bonds is 7. The van der Waals surface area contributed by atoms with Gasteiger partial charge in [0.05, 0.1) is 11.9 Å². The van der Waals surface area contributed by atoms with Crippen molar-refractivity contribution in [2.45, 2.75) is 6.29 Å². The van der Waals surface area contributed by atoms with Gasteiger partial charge in [-0.15, -0.1) is 0 Å². The van der Waals surface area contributed by atoms with Crippen LogP contribution in [0.2, 0.25) is 0 Å². The van der Waals surface area contributed by atoms with Crippen LogP contribution in [0.3, 0.4) is 0 Å². The fraction of sp³-hybridized carbons (Fsp3) is 0.100. The molecule has 1 N–H and O–H groups in total. The molecule has 0 aliphatic rings. The van der Waals surface area contributed by atoms with Gasteiger partial charge in [0.15, 0.2) is 0 Å². The van der Waals surface area contributed by atoms with Gasteiger partial charge < -0.3 is 14.0 Å². The molecule has 6 nitrogen and oxygen atoms in total. The van der Waals surface area contributed by atoms with Crippen LogP contribution in [-0.2, 0) is 11.8 Å². The first-order valence-corrected chi connectivity index (χ1v) is 8.10. The van der Waals surface area contributed by atoms with E-state index in [0.29, 0.717) is 11.5 Å². The normalized spacial score (nSPS) is 10.8. The van der Waals surface area contributed by atoms with Crippen molar-refractivity contribution in [1.82, 2.24) is 9.99 Å². The van der Waals surface area contributed by atoms with Crippen LogP contribution in [0.25, 0.3) is 0 Å². The van der Waals surface area contributed by atoms with E-state index in [1.165, 1.54) is 0 Å². The average Bonchev–Trinajstić information content (AvgIpc) is 3.08. The Balaban J connectivity index is 1.70. The zero-order valence-electron chi connectivity index (χ0n) is 14.3. The second-order valence-corrected chi connectivity index (χ2v) is 5.47. The van der Waals surface area contributed by atoms with E-state index in [2.05, 4.69) is 10.5 Å². The third kappa shape index (κ3) is 4.73. The minimum Gasteiger partial charge on any atom is -0.446 e. The van der Waals surface area contributed by atoms with Crippen LogP contribution in [0, 0.1) is 0 Å². The van der Waals surface area contributed by atoms with Gasteiger partial charge in [0.25, 0.3) is 0 Å². The molecular weight excluding hydrogens is 330 g/mol. The van der Waals surface area contributed by atoms with Crippen molar-refractivity contribution in [3.05, 3.63) is 84.7 Å². The summed E-state index contributed by atoms with van der Waals surface area (Å²) in [5, 5.41) is 3.97. The zero-order valence-corrected chi connectivity index (χ0v) is 14.3. The Kier molecular flexibility index (Phi) is 5.67. The number of ether oxygens (including phenoxy) is 2. The van der Waals surface area contributed by atoms with Crippen molar-refractivity contribution in [3.8, 4) is 11.5 Å². The predicted molar refractivity (Wildman–Crippen MR) is 99.1 cm³/mol. The molecule has 0 saturated carbocycles. The highest BCUT2D eigenvalue weighted by atomic mass is 16.7. The summed E-state index contributed by atoms with van der Waals surface area (Å²) >= 11 is 0. The van der Waals surface area contributed by atoms with E-state index in [1.807, 2.05) is 66.3 Å². The lowest BCUT2D eigenvalue weighted by Crippen LogP contribution is -2.40. The van der Waals surface area contributed by atoms with Gasteiger partial charge in [0.1, 0.15) is 11.5 Å². The number of nitrogens with one attached hydrogen (secondary N) is 1. The standard InChI is InChI=1S/C20H19N3O3/c1-23-14-8-9-16(23)15-21-22-19(24)20(25-17-10-4-2-5-11-17)26-18-12-6-3-7-13-18/h2-15,20H,1H3,(H,22,24)/b21-15-. The molecule has 0 bridgehead atoms. The summed E-state index contributed by atoms with van der Waals surface area (Å²) in [6.07, 6.45) is 2.27. The van der Waals surface area contributed by atoms with E-state index >= 15 is 0 Å². The fourth-order valence-electron chi connectivity index (χ4n) is 2.20. The molecule has 0 radical (unpaired) electrons. The molecule has 1 heterocycles. The van der Waals surface area contributed by atoms with E-state index in [-0.39, 0.29) is 0 Å². The van der Waals surface area contributed by atoms with Gasteiger partial charge in [-0.2, -0.15) is 5.10 Å². The molecule has 2 aromatic carbocycles. The van der Waals surface area contributed by atoms with Gasteiger partial charge in [-0.25, -0.2) is 5.43 Å². The molecule has 1 aromatic heterocycles. The average molecular weight is 349 g/mol. The summed E-state index contributed by atoms with van der Waals surface area (Å²) < 4.78 is 13.2. The summed E-state index contributed by atoms with van der Waals surface area (Å²) in [5.74, 6) is 0.535. The first-order chi connectivity index (χ1) is 12.7. The number of amides is 1. The molecule has 26 heavy (non-hydrogen) atoms. The molecular formula is C20H19N3O3. The van der Waals surface area contributed by atoms with Gasteiger partial charge in [-0.3, -0.25) is 4.79 Å². The minimum absolute atomic E-state index is 0.511. The van der Waals surface area contributed by atoms with Crippen molar-refractivity contribution < 1.29 is 14.3 Å². The molecule has 0 aliphatic carbocycles. The Morgan fingerprint density at radius 1 is 0.962 bits per heavy atom. The number of carbonyl (C=O) groups excluding carboxylic acids is 1. The molecule has 0 spiro atoms. The van der Waals surface area contributed by atoms with Crippen LogP contribution in [0.1, 0.15) is 5.69 Å². The van der Waals surface area contributed by atoms with E-state index < -0.39 is 12.2 Å². The van der Waals surface area contributed by atoms with Crippen LogP contribution in [0.15, 0.2) is 84.1 Å². The Labute approximate surface area is 151 Å². The van der Waals surface area contributed by atoms with E-state index in [9.17, 15) is 4.79 Å². The zero-order chi connectivity index (χ0) is 18.2. The summed E-state index contributed by atoms with van der Waals surface area (Å²) in [7, 11) is 1.89. The Bertz CT molecular complexity index is 819. The number of hydrogen-bond donors (Lipinski definition) is 1. The van der Waals surface area contributed by atoms with Crippen LogP contribution in [-0.4, -0.2) is 23.0 Å². The van der Waals surface area contributed by atoms with Crippen LogP contribution < -0.4 is 14.9 Å². The number of aryl methyl sites for hydroxylation is 1. The van der Waals surface area contributed by atoms with Crippen LogP contribution >= 0.6 is 0 Å². The summed E-state index contributed by atoms with van der Waals surface area (Å²) in [5.41, 5.74) is 3.31. The highest BCUT2D eigenvalue weighted by molar-refractivity contribution is 5.83. The molecule has 132 valence electrons. The Hall–Kier alpha value is -3.54. The maximum absolute atomic E-state index is 12.5. The number of nitrogens with zero attached hydrogens (tertiary/aromatic N) is 2. The summed E-state index contributed by atoms with van der Waals surface area (Å²) in [6, 6.07) is 21.8. The van der Waals surface area contributed by atoms with E-state index in [0.717, 1.165) is 5.69 Å². The molecule has 3 rings (SSSR count). The highest BCUT2D eigenvalue weighted by Crippen LogP contribution is 2.16. The molecule has 6 heteroatoms. The maximum Gasteiger partial charge on any atom is 0.323 e. The predicted octanol–water partition coefficient (Wildman–Crippen LogP) is 2.96. The fourth-order valence-corrected chi connectivity index (χ4v) is 2.20. The van der Waals surface area contributed by atoms with Gasteiger partial charge in [-0.05, 0) is 36.4 Å². The maximum atomic E-state index is 12.5. The molecule has 0 aliphatic heterocycles. The van der Waals surface area contributed by atoms with Crippen molar-refractivity contribution in [2.75, 3.05) is 0 Å². The number of para-hydroxylation sites is 2. The van der Waals surface area contributed by atoms with Gasteiger partial charge in [-0.1, -0.05) is 36.4 Å². The topological polar surface area (TPSA) is 64.9 Å². The number of carbonyl (C=O) groups is 1. The largest absolute Gasteiger partial charge is 0.446 e. The van der Waals surface area contributed by atoms with Crippen molar-refractivity contribution in [1.29, 1.82) is 0 Å². The lowest BCUT2D eigenvalue weighted by molar-refractivity contribution is -0.140. The Morgan fingerprint density at radius 3 is 2.04 bits per heavy atom. The molecule has 1 amide bonds. The molecule has 0 atom stereocenters. The second-order valence-electron chi connectivity index (χ2n) is 5.47. The third-order valence-electron chi connectivity index (χ3n) is 3.54. The van der Waals surface area contributed by atoms with E-state index in [4.69, 9.17) is 9.47 Å². The number of hydrazone groups is 1. The lowest BCUT2D eigenvalue weighted by Gasteiger charge is -2.18. The smallest absolute Gasteiger partial charge is 0.323 e. The van der Waals surface area contributed by atoms with Crippen molar-refractivity contribution >= 4 is 12.1 Å². The number of hydrogen-bond acceptors (Lipinski definition) is 4. The van der Waals surface area contributed by atoms with Gasteiger partial charge >= 0.3 is 12.2 Å². The van der Waals surface area contributed by atoms with Crippen molar-refractivity contribution in [2.24, 2.45) is 12.1 Å². The van der Waals surface area contributed by atoms with Crippen molar-refractivity contribution in [3.63, 3.8) is 0 Å². The van der Waals surface area contributed by atoms with Gasteiger partial charge in [0, 0.05) is 13.2 Å². The number of aromatic nitrogens is 1. The third-order valence-corrected chi connectivity index (χ3v) is 3.54. The SMILES string of the molecule is Cn1cccc1/C=N\NC(=O)C(Oc1ccccc1)Oc1ccccc1. The monoisotopic (exact) mass is 349 g/mol. The van der Waals surface area contributed by atoms with E-state index in [1.54, 1.807) is 30.5 Å².